The number of fused-ring (bicyclic) bond motifs is 2. The Kier molecular flexibility index (Phi) is 2.72. The molecule has 8 heteroatoms. The van der Waals surface area contributed by atoms with E-state index in [1.54, 1.807) is 24.9 Å². The number of thioether (sulfide) groups is 1. The molecule has 3 saturated heterocycles. The van der Waals surface area contributed by atoms with Gasteiger partial charge in [0.2, 0.25) is 6.79 Å². The lowest BCUT2D eigenvalue weighted by molar-refractivity contribution is -0.159. The summed E-state index contributed by atoms with van der Waals surface area (Å²) in [6.07, 6.45) is 0.310. The molecule has 5 rings (SSSR count). The monoisotopic (exact) mass is 371 g/mol. The van der Waals surface area contributed by atoms with Gasteiger partial charge in [-0.25, -0.2) is 0 Å². The van der Waals surface area contributed by atoms with E-state index in [-0.39, 0.29) is 18.6 Å². The van der Waals surface area contributed by atoms with Crippen LogP contribution in [0.4, 0.5) is 0 Å². The van der Waals surface area contributed by atoms with Crippen molar-refractivity contribution in [2.75, 3.05) is 13.8 Å². The van der Waals surface area contributed by atoms with Gasteiger partial charge in [-0.1, -0.05) is 17.8 Å². The first-order valence-electron chi connectivity index (χ1n) is 8.40. The number of rotatable bonds is 1. The van der Waals surface area contributed by atoms with Crippen LogP contribution in [0.15, 0.2) is 18.2 Å². The summed E-state index contributed by atoms with van der Waals surface area (Å²) in [6.45, 7) is 3.76. The third kappa shape index (κ3) is 1.52. The van der Waals surface area contributed by atoms with Crippen LogP contribution in [0.25, 0.3) is 0 Å². The van der Waals surface area contributed by atoms with Crippen molar-refractivity contribution in [3.05, 3.63) is 23.8 Å². The fraction of sp³-hybridized carbons (Fsp3) is 0.500. The summed E-state index contributed by atoms with van der Waals surface area (Å²) >= 11 is 1.36. The van der Waals surface area contributed by atoms with Gasteiger partial charge in [-0.3, -0.25) is 9.59 Å². The van der Waals surface area contributed by atoms with E-state index < -0.39 is 21.2 Å². The summed E-state index contributed by atoms with van der Waals surface area (Å²) in [6, 6.07) is 7.34. The zero-order valence-electron chi connectivity index (χ0n) is 14.6. The van der Waals surface area contributed by atoms with Gasteiger partial charge in [-0.15, -0.1) is 0 Å². The first-order chi connectivity index (χ1) is 12.3. The highest BCUT2D eigenvalue weighted by atomic mass is 32.2. The number of piperazine rings is 1. The molecule has 1 aromatic rings. The lowest BCUT2D eigenvalue weighted by Crippen LogP contribution is -2.60. The van der Waals surface area contributed by atoms with E-state index in [4.69, 9.17) is 9.47 Å². The van der Waals surface area contributed by atoms with E-state index >= 15 is 0 Å². The van der Waals surface area contributed by atoms with Crippen molar-refractivity contribution in [2.45, 2.75) is 36.1 Å². The average molecular weight is 371 g/mol. The van der Waals surface area contributed by atoms with Crippen molar-refractivity contribution in [1.29, 1.82) is 5.26 Å². The molecule has 2 bridgehead atoms. The minimum atomic E-state index is -1.01. The molecular formula is C18H17N3O4S. The highest BCUT2D eigenvalue weighted by Crippen LogP contribution is 2.69. The first kappa shape index (κ1) is 15.8. The molecule has 7 nitrogen and oxygen atoms in total. The van der Waals surface area contributed by atoms with Gasteiger partial charge in [0.15, 0.2) is 21.2 Å². The second-order valence-electron chi connectivity index (χ2n) is 7.63. The lowest BCUT2D eigenvalue weighted by Gasteiger charge is -2.40. The van der Waals surface area contributed by atoms with Gasteiger partial charge in [-0.05, 0) is 31.5 Å². The Labute approximate surface area is 154 Å². The molecule has 4 atom stereocenters. The van der Waals surface area contributed by atoms with Gasteiger partial charge in [-0.2, -0.15) is 5.26 Å². The Balaban J connectivity index is 1.69. The summed E-state index contributed by atoms with van der Waals surface area (Å²) in [4.78, 5) is 27.6. The van der Waals surface area contributed by atoms with Gasteiger partial charge in [0.25, 0.3) is 11.8 Å². The quantitative estimate of drug-likeness (QED) is 0.749. The van der Waals surface area contributed by atoms with Crippen LogP contribution in [0.1, 0.15) is 31.9 Å². The predicted octanol–water partition coefficient (Wildman–Crippen LogP) is 1.85. The van der Waals surface area contributed by atoms with Crippen molar-refractivity contribution in [3.63, 3.8) is 0 Å². The fourth-order valence-corrected chi connectivity index (χ4v) is 6.67. The second kappa shape index (κ2) is 4.46. The SMILES string of the molecule is CN1C(=O)C23CC(C)(C#N)C(c4ccc5c(c4)OCO5)N2C(=O)C1(C)S3. The zero-order chi connectivity index (χ0) is 18.5. The minimum Gasteiger partial charge on any atom is -0.454 e. The molecule has 4 aliphatic rings. The maximum Gasteiger partial charge on any atom is 0.261 e. The van der Waals surface area contributed by atoms with Crippen molar-refractivity contribution >= 4 is 23.6 Å². The summed E-state index contributed by atoms with van der Waals surface area (Å²) in [5.74, 6) is 1.02. The van der Waals surface area contributed by atoms with Gasteiger partial charge in [0.1, 0.15) is 0 Å². The van der Waals surface area contributed by atoms with E-state index in [0.717, 1.165) is 5.56 Å². The Hall–Kier alpha value is -2.40. The van der Waals surface area contributed by atoms with Gasteiger partial charge >= 0.3 is 0 Å². The summed E-state index contributed by atoms with van der Waals surface area (Å²) < 4.78 is 10.8. The number of ether oxygens (including phenoxy) is 2. The van der Waals surface area contributed by atoms with Gasteiger partial charge in [0, 0.05) is 13.5 Å². The number of likely N-dealkylation sites (N-methyl/N-ethyl adjacent to an activating group) is 1. The van der Waals surface area contributed by atoms with Crippen LogP contribution in [-0.2, 0) is 9.59 Å². The molecule has 4 aliphatic heterocycles. The Morgan fingerprint density at radius 1 is 1.23 bits per heavy atom. The maximum absolute atomic E-state index is 13.3. The van der Waals surface area contributed by atoms with Crippen LogP contribution in [0.5, 0.6) is 11.5 Å². The van der Waals surface area contributed by atoms with Crippen LogP contribution >= 0.6 is 11.8 Å². The van der Waals surface area contributed by atoms with Crippen LogP contribution < -0.4 is 9.47 Å². The Bertz CT molecular complexity index is 930. The largest absolute Gasteiger partial charge is 0.454 e. The number of carbonyl (C=O) groups excluding carboxylic acids is 2. The van der Waals surface area contributed by atoms with Crippen LogP contribution in [0, 0.1) is 16.7 Å². The molecule has 3 fully saturated rings. The number of benzene rings is 1. The molecule has 26 heavy (non-hydrogen) atoms. The van der Waals surface area contributed by atoms with Gasteiger partial charge in [0.05, 0.1) is 17.5 Å². The number of hydrogen-bond donors (Lipinski definition) is 0. The molecule has 2 amide bonds. The molecule has 1 spiro atoms. The first-order valence-corrected chi connectivity index (χ1v) is 9.21. The number of nitriles is 1. The summed E-state index contributed by atoms with van der Waals surface area (Å²) in [7, 11) is 1.66. The molecular weight excluding hydrogens is 354 g/mol. The molecule has 0 saturated carbocycles. The molecule has 0 N–H and O–H groups in total. The molecule has 4 unspecified atom stereocenters. The van der Waals surface area contributed by atoms with E-state index in [0.29, 0.717) is 17.9 Å². The number of nitrogens with zero attached hydrogens (tertiary/aromatic N) is 3. The van der Waals surface area contributed by atoms with Gasteiger partial charge < -0.3 is 19.3 Å². The lowest BCUT2D eigenvalue weighted by atomic mass is 9.79. The zero-order valence-corrected chi connectivity index (χ0v) is 15.4. The smallest absolute Gasteiger partial charge is 0.261 e. The summed E-state index contributed by atoms with van der Waals surface area (Å²) in [5, 5.41) is 9.95. The number of carbonyl (C=O) groups is 2. The average Bonchev–Trinajstić information content (AvgIpc) is 3.28. The molecule has 0 aromatic heterocycles. The molecule has 4 heterocycles. The molecule has 0 radical (unpaired) electrons. The fourth-order valence-electron chi connectivity index (χ4n) is 4.73. The number of hydrogen-bond acceptors (Lipinski definition) is 6. The van der Waals surface area contributed by atoms with Crippen LogP contribution in [-0.4, -0.2) is 45.2 Å². The van der Waals surface area contributed by atoms with E-state index in [9.17, 15) is 14.9 Å². The van der Waals surface area contributed by atoms with Crippen molar-refractivity contribution in [1.82, 2.24) is 9.80 Å². The van der Waals surface area contributed by atoms with E-state index in [2.05, 4.69) is 6.07 Å². The van der Waals surface area contributed by atoms with Crippen LogP contribution in [0.2, 0.25) is 0 Å². The maximum atomic E-state index is 13.3. The highest BCUT2D eigenvalue weighted by Gasteiger charge is 2.78. The van der Waals surface area contributed by atoms with Crippen molar-refractivity contribution < 1.29 is 19.1 Å². The van der Waals surface area contributed by atoms with Crippen molar-refractivity contribution in [2.24, 2.45) is 5.41 Å². The summed E-state index contributed by atoms with van der Waals surface area (Å²) in [5.41, 5.74) is -0.0887. The Morgan fingerprint density at radius 3 is 2.69 bits per heavy atom. The van der Waals surface area contributed by atoms with E-state index in [1.165, 1.54) is 16.7 Å². The van der Waals surface area contributed by atoms with Crippen molar-refractivity contribution in [3.8, 4) is 17.6 Å². The normalized spacial score (nSPS) is 39.5. The Morgan fingerprint density at radius 2 is 1.96 bits per heavy atom. The molecule has 134 valence electrons. The van der Waals surface area contributed by atoms with E-state index in [1.807, 2.05) is 19.1 Å². The number of amides is 2. The highest BCUT2D eigenvalue weighted by molar-refractivity contribution is 8.04. The molecule has 0 aliphatic carbocycles. The second-order valence-corrected chi connectivity index (χ2v) is 9.30. The molecule has 1 aromatic carbocycles. The van der Waals surface area contributed by atoms with Crippen LogP contribution in [0.3, 0.4) is 0 Å². The third-order valence-corrected chi connectivity index (χ3v) is 7.79. The third-order valence-electron chi connectivity index (χ3n) is 6.09. The predicted molar refractivity (Wildman–Crippen MR) is 92.0 cm³/mol. The topological polar surface area (TPSA) is 82.9 Å². The standard InChI is InChI=1S/C18H17N3O4S/c1-16(8-19)7-18-15(23)20(3)17(2,26-18)14(22)21(18)13(16)10-4-5-11-12(6-10)25-9-24-11/h4-6,13H,7,9H2,1-3H3. The minimum absolute atomic E-state index is 0.102.